The van der Waals surface area contributed by atoms with E-state index in [2.05, 4.69) is 37.9 Å². The SMILES string of the molecule is CN(C)C(=O)c1ccc(N2CCN(c3ccc4c(c3)CCC3(CCN(C5CCC5)CC3)O4)CC2)nc1. The van der Waals surface area contributed by atoms with Crippen molar-refractivity contribution in [1.29, 1.82) is 0 Å². The van der Waals surface area contributed by atoms with E-state index in [1.54, 1.807) is 25.2 Å². The lowest BCUT2D eigenvalue weighted by Crippen LogP contribution is -2.53. The number of anilines is 2. The van der Waals surface area contributed by atoms with Crippen LogP contribution >= 0.6 is 0 Å². The summed E-state index contributed by atoms with van der Waals surface area (Å²) in [5.41, 5.74) is 3.35. The highest BCUT2D eigenvalue weighted by molar-refractivity contribution is 5.93. The average Bonchev–Trinajstić information content (AvgIpc) is 2.88. The van der Waals surface area contributed by atoms with E-state index < -0.39 is 0 Å². The molecule has 2 aromatic rings. The number of carbonyl (C=O) groups excluding carboxylic acids is 1. The number of carbonyl (C=O) groups is 1. The maximum Gasteiger partial charge on any atom is 0.254 e. The monoisotopic (exact) mass is 489 g/mol. The topological polar surface area (TPSA) is 52.2 Å². The number of piperidine rings is 1. The second-order valence-electron chi connectivity index (χ2n) is 11.3. The second-order valence-corrected chi connectivity index (χ2v) is 11.3. The van der Waals surface area contributed by atoms with Crippen LogP contribution in [0.2, 0.25) is 0 Å². The average molecular weight is 490 g/mol. The Labute approximate surface area is 215 Å². The van der Waals surface area contributed by atoms with Crippen molar-refractivity contribution in [3.8, 4) is 5.75 Å². The zero-order valence-electron chi connectivity index (χ0n) is 21.8. The zero-order chi connectivity index (χ0) is 24.7. The molecule has 36 heavy (non-hydrogen) atoms. The highest BCUT2D eigenvalue weighted by Gasteiger charge is 2.41. The summed E-state index contributed by atoms with van der Waals surface area (Å²) in [5, 5.41) is 0. The van der Waals surface area contributed by atoms with Crippen LogP contribution in [0.5, 0.6) is 5.75 Å². The predicted octanol–water partition coefficient (Wildman–Crippen LogP) is 3.82. The molecule has 192 valence electrons. The molecule has 0 bridgehead atoms. The van der Waals surface area contributed by atoms with Crippen LogP contribution in [-0.2, 0) is 6.42 Å². The minimum Gasteiger partial charge on any atom is -0.487 e. The first-order valence-corrected chi connectivity index (χ1v) is 13.7. The number of hydrogen-bond donors (Lipinski definition) is 0. The van der Waals surface area contributed by atoms with Crippen LogP contribution in [-0.4, -0.2) is 85.7 Å². The van der Waals surface area contributed by atoms with E-state index >= 15 is 0 Å². The molecule has 1 saturated carbocycles. The predicted molar refractivity (Wildman–Crippen MR) is 143 cm³/mol. The lowest BCUT2D eigenvalue weighted by molar-refractivity contribution is -0.0336. The van der Waals surface area contributed by atoms with Gasteiger partial charge in [-0.15, -0.1) is 0 Å². The molecule has 0 unspecified atom stereocenters. The second kappa shape index (κ2) is 9.58. The standard InChI is InChI=1S/C29H39N5O2/c1-31(2)28(35)23-6-9-27(30-21-23)34-18-16-33(17-19-34)25-7-8-26-22(20-25)10-11-29(36-26)12-14-32(15-13-29)24-4-3-5-24/h6-9,20-21,24H,3-5,10-19H2,1-2H3. The van der Waals surface area contributed by atoms with Crippen LogP contribution in [0.15, 0.2) is 36.5 Å². The summed E-state index contributed by atoms with van der Waals surface area (Å²) in [6, 6.07) is 11.5. The molecule has 0 radical (unpaired) electrons. The Kier molecular flexibility index (Phi) is 6.28. The summed E-state index contributed by atoms with van der Waals surface area (Å²) in [6.07, 6.45) is 10.5. The fourth-order valence-corrected chi connectivity index (χ4v) is 6.26. The van der Waals surface area contributed by atoms with Crippen molar-refractivity contribution in [2.24, 2.45) is 0 Å². The Morgan fingerprint density at radius 1 is 0.972 bits per heavy atom. The third-order valence-electron chi connectivity index (χ3n) is 8.89. The van der Waals surface area contributed by atoms with Crippen LogP contribution in [0.1, 0.15) is 54.4 Å². The summed E-state index contributed by atoms with van der Waals surface area (Å²) in [5.74, 6) is 2.04. The van der Waals surface area contributed by atoms with Gasteiger partial charge in [0.1, 0.15) is 17.2 Å². The molecule has 2 saturated heterocycles. The fraction of sp³-hybridized carbons (Fsp3) is 0.586. The number of aromatic nitrogens is 1. The van der Waals surface area contributed by atoms with E-state index in [1.165, 1.54) is 56.4 Å². The molecule has 0 atom stereocenters. The van der Waals surface area contributed by atoms with E-state index in [0.717, 1.165) is 56.6 Å². The summed E-state index contributed by atoms with van der Waals surface area (Å²) in [7, 11) is 3.53. The number of ether oxygens (including phenoxy) is 1. The van der Waals surface area contributed by atoms with Gasteiger partial charge in [0.15, 0.2) is 0 Å². The molecule has 6 rings (SSSR count). The molecule has 7 heteroatoms. The normalized spacial score (nSPS) is 22.1. The number of rotatable bonds is 4. The lowest BCUT2D eigenvalue weighted by Gasteiger charge is -2.48. The molecule has 3 aliphatic heterocycles. The number of piperazine rings is 1. The maximum absolute atomic E-state index is 12.1. The minimum atomic E-state index is -0.0136. The molecule has 1 aliphatic carbocycles. The summed E-state index contributed by atoms with van der Waals surface area (Å²) in [4.78, 5) is 25.8. The first kappa shape index (κ1) is 23.6. The largest absolute Gasteiger partial charge is 0.487 e. The lowest BCUT2D eigenvalue weighted by atomic mass is 9.81. The van der Waals surface area contributed by atoms with Crippen LogP contribution in [0, 0.1) is 0 Å². The first-order chi connectivity index (χ1) is 17.5. The van der Waals surface area contributed by atoms with E-state index in [0.29, 0.717) is 5.56 Å². The van der Waals surface area contributed by atoms with Gasteiger partial charge in [0, 0.05) is 71.3 Å². The quantitative estimate of drug-likeness (QED) is 0.651. The third-order valence-corrected chi connectivity index (χ3v) is 8.89. The van der Waals surface area contributed by atoms with Crippen molar-refractivity contribution in [2.75, 3.05) is 63.2 Å². The Hall–Kier alpha value is -2.80. The van der Waals surface area contributed by atoms with Gasteiger partial charge < -0.3 is 24.3 Å². The van der Waals surface area contributed by atoms with Crippen molar-refractivity contribution >= 4 is 17.4 Å². The van der Waals surface area contributed by atoms with E-state index in [-0.39, 0.29) is 11.5 Å². The molecule has 1 aromatic carbocycles. The highest BCUT2D eigenvalue weighted by Crippen LogP contribution is 2.42. The molecule has 7 nitrogen and oxygen atoms in total. The smallest absolute Gasteiger partial charge is 0.254 e. The van der Waals surface area contributed by atoms with Crippen molar-refractivity contribution in [3.63, 3.8) is 0 Å². The number of pyridine rings is 1. The number of hydrogen-bond acceptors (Lipinski definition) is 6. The summed E-state index contributed by atoms with van der Waals surface area (Å²) >= 11 is 0. The van der Waals surface area contributed by atoms with E-state index in [4.69, 9.17) is 4.74 Å². The maximum atomic E-state index is 12.1. The number of amides is 1. The third kappa shape index (κ3) is 4.54. The number of nitrogens with zero attached hydrogens (tertiary/aromatic N) is 5. The van der Waals surface area contributed by atoms with Gasteiger partial charge in [-0.2, -0.15) is 0 Å². The summed E-state index contributed by atoms with van der Waals surface area (Å²) < 4.78 is 6.71. The van der Waals surface area contributed by atoms with Gasteiger partial charge in [-0.1, -0.05) is 6.42 Å². The Morgan fingerprint density at radius 2 is 1.72 bits per heavy atom. The van der Waals surface area contributed by atoms with Crippen molar-refractivity contribution in [2.45, 2.75) is 56.6 Å². The van der Waals surface area contributed by atoms with Gasteiger partial charge in [-0.25, -0.2) is 4.98 Å². The number of likely N-dealkylation sites (tertiary alicyclic amines) is 1. The fourth-order valence-electron chi connectivity index (χ4n) is 6.26. The number of fused-ring (bicyclic) bond motifs is 1. The van der Waals surface area contributed by atoms with E-state index in [1.807, 2.05) is 12.1 Å². The molecule has 3 fully saturated rings. The van der Waals surface area contributed by atoms with Gasteiger partial charge in [-0.05, 0) is 74.4 Å². The number of benzene rings is 1. The van der Waals surface area contributed by atoms with Crippen molar-refractivity contribution in [3.05, 3.63) is 47.7 Å². The molecule has 4 aliphatic rings. The molecule has 1 aromatic heterocycles. The molecule has 4 heterocycles. The zero-order valence-corrected chi connectivity index (χ0v) is 21.8. The molecule has 1 amide bonds. The molecular formula is C29H39N5O2. The summed E-state index contributed by atoms with van der Waals surface area (Å²) in [6.45, 7) is 6.16. The van der Waals surface area contributed by atoms with Crippen molar-refractivity contribution < 1.29 is 9.53 Å². The van der Waals surface area contributed by atoms with Gasteiger partial charge in [0.05, 0.1) is 5.56 Å². The molecular weight excluding hydrogens is 450 g/mol. The first-order valence-electron chi connectivity index (χ1n) is 13.7. The van der Waals surface area contributed by atoms with Crippen LogP contribution in [0.25, 0.3) is 0 Å². The van der Waals surface area contributed by atoms with E-state index in [9.17, 15) is 4.79 Å². The number of aryl methyl sites for hydroxylation is 1. The Bertz CT molecular complexity index is 1080. The Balaban J connectivity index is 1.05. The minimum absolute atomic E-state index is 0.0136. The van der Waals surface area contributed by atoms with Gasteiger partial charge in [0.25, 0.3) is 5.91 Å². The van der Waals surface area contributed by atoms with Gasteiger partial charge in [-0.3, -0.25) is 4.79 Å². The molecule has 1 spiro atoms. The molecule has 0 N–H and O–H groups in total. The Morgan fingerprint density at radius 3 is 2.36 bits per heavy atom. The van der Waals surface area contributed by atoms with Crippen LogP contribution in [0.3, 0.4) is 0 Å². The van der Waals surface area contributed by atoms with Gasteiger partial charge >= 0.3 is 0 Å². The van der Waals surface area contributed by atoms with Crippen LogP contribution in [0.4, 0.5) is 11.5 Å². The van der Waals surface area contributed by atoms with Crippen molar-refractivity contribution in [1.82, 2.24) is 14.8 Å². The highest BCUT2D eigenvalue weighted by atomic mass is 16.5. The van der Waals surface area contributed by atoms with Gasteiger partial charge in [0.2, 0.25) is 0 Å². The van der Waals surface area contributed by atoms with Crippen LogP contribution < -0.4 is 14.5 Å².